The van der Waals surface area contributed by atoms with E-state index >= 15 is 0 Å². The van der Waals surface area contributed by atoms with Gasteiger partial charge in [0.1, 0.15) is 5.69 Å². The van der Waals surface area contributed by atoms with Crippen LogP contribution >= 0.6 is 0 Å². The van der Waals surface area contributed by atoms with E-state index in [2.05, 4.69) is 28.8 Å². The molecule has 2 aromatic rings. The molecule has 1 aromatic heterocycles. The summed E-state index contributed by atoms with van der Waals surface area (Å²) in [5.41, 5.74) is 2.77. The summed E-state index contributed by atoms with van der Waals surface area (Å²) >= 11 is 0. The molecule has 0 saturated heterocycles. The lowest BCUT2D eigenvalue weighted by Gasteiger charge is -1.97. The molecule has 0 saturated carbocycles. The van der Waals surface area contributed by atoms with Gasteiger partial charge in [0.15, 0.2) is 0 Å². The number of aryl methyl sites for hydroxylation is 1. The summed E-state index contributed by atoms with van der Waals surface area (Å²) in [5.74, 6) is -0.326. The fourth-order valence-corrected chi connectivity index (χ4v) is 1.85. The van der Waals surface area contributed by atoms with Gasteiger partial charge < -0.3 is 9.72 Å². The lowest BCUT2D eigenvalue weighted by molar-refractivity contribution is 0.0595. The maximum Gasteiger partial charge on any atom is 0.354 e. The Morgan fingerprint density at radius 1 is 1.38 bits per heavy atom. The van der Waals surface area contributed by atoms with Crippen molar-refractivity contribution in [1.82, 2.24) is 4.98 Å². The van der Waals surface area contributed by atoms with E-state index in [0.717, 1.165) is 23.7 Å². The molecule has 3 heteroatoms. The Morgan fingerprint density at radius 3 is 2.88 bits per heavy atom. The predicted molar refractivity (Wildman–Crippen MR) is 63.6 cm³/mol. The van der Waals surface area contributed by atoms with Crippen molar-refractivity contribution in [3.8, 4) is 0 Å². The van der Waals surface area contributed by atoms with Crippen molar-refractivity contribution in [2.24, 2.45) is 0 Å². The molecular weight excluding hydrogens is 202 g/mol. The average molecular weight is 217 g/mol. The highest BCUT2D eigenvalue weighted by Gasteiger charge is 2.09. The fraction of sp³-hybridized carbons (Fsp3) is 0.308. The van der Waals surface area contributed by atoms with Crippen molar-refractivity contribution in [3.05, 3.63) is 35.5 Å². The predicted octanol–water partition coefficient (Wildman–Crippen LogP) is 2.91. The van der Waals surface area contributed by atoms with E-state index in [-0.39, 0.29) is 5.97 Å². The van der Waals surface area contributed by atoms with E-state index in [4.69, 9.17) is 0 Å². The van der Waals surface area contributed by atoms with Crippen LogP contribution in [0.25, 0.3) is 10.9 Å². The molecule has 16 heavy (non-hydrogen) atoms. The lowest BCUT2D eigenvalue weighted by Crippen LogP contribution is -2.00. The highest BCUT2D eigenvalue weighted by Crippen LogP contribution is 2.18. The molecule has 84 valence electrons. The molecule has 0 amide bonds. The number of carbonyl (C=O) groups is 1. The zero-order chi connectivity index (χ0) is 11.5. The van der Waals surface area contributed by atoms with Gasteiger partial charge in [-0.1, -0.05) is 19.4 Å². The fourth-order valence-electron chi connectivity index (χ4n) is 1.85. The number of hydrogen-bond donors (Lipinski definition) is 1. The van der Waals surface area contributed by atoms with E-state index in [0.29, 0.717) is 5.69 Å². The third-order valence-corrected chi connectivity index (χ3v) is 2.63. The smallest absolute Gasteiger partial charge is 0.354 e. The van der Waals surface area contributed by atoms with E-state index in [9.17, 15) is 4.79 Å². The Kier molecular flexibility index (Phi) is 2.95. The first-order valence-electron chi connectivity index (χ1n) is 5.44. The van der Waals surface area contributed by atoms with Crippen LogP contribution in [0.4, 0.5) is 0 Å². The summed E-state index contributed by atoms with van der Waals surface area (Å²) in [7, 11) is 1.39. The van der Waals surface area contributed by atoms with E-state index in [1.807, 2.05) is 12.1 Å². The zero-order valence-corrected chi connectivity index (χ0v) is 9.54. The number of rotatable bonds is 3. The van der Waals surface area contributed by atoms with Crippen LogP contribution in [0.1, 0.15) is 29.4 Å². The first-order chi connectivity index (χ1) is 7.74. The van der Waals surface area contributed by atoms with Gasteiger partial charge in [-0.3, -0.25) is 0 Å². The number of esters is 1. The second-order valence-corrected chi connectivity index (χ2v) is 3.85. The minimum Gasteiger partial charge on any atom is -0.464 e. The molecule has 0 radical (unpaired) electrons. The molecule has 2 rings (SSSR count). The van der Waals surface area contributed by atoms with Crippen LogP contribution in [0.2, 0.25) is 0 Å². The molecule has 0 aliphatic carbocycles. The van der Waals surface area contributed by atoms with Crippen molar-refractivity contribution in [2.45, 2.75) is 19.8 Å². The minimum absolute atomic E-state index is 0.326. The topological polar surface area (TPSA) is 42.1 Å². The normalized spacial score (nSPS) is 10.6. The Labute approximate surface area is 94.4 Å². The number of nitrogens with one attached hydrogen (secondary N) is 1. The van der Waals surface area contributed by atoms with Gasteiger partial charge in [-0.05, 0) is 30.2 Å². The SMILES string of the molecule is CCCc1ccc2[nH]c(C(=O)OC)cc2c1. The Hall–Kier alpha value is -1.77. The van der Waals surface area contributed by atoms with Crippen molar-refractivity contribution in [2.75, 3.05) is 7.11 Å². The quantitative estimate of drug-likeness (QED) is 0.803. The maximum atomic E-state index is 11.3. The number of fused-ring (bicyclic) bond motifs is 1. The zero-order valence-electron chi connectivity index (χ0n) is 9.54. The molecule has 0 atom stereocenters. The Bertz CT molecular complexity index is 514. The van der Waals surface area contributed by atoms with Crippen molar-refractivity contribution >= 4 is 16.9 Å². The van der Waals surface area contributed by atoms with Crippen LogP contribution in [0.15, 0.2) is 24.3 Å². The van der Waals surface area contributed by atoms with E-state index in [1.54, 1.807) is 0 Å². The maximum absolute atomic E-state index is 11.3. The second kappa shape index (κ2) is 4.39. The number of benzene rings is 1. The van der Waals surface area contributed by atoms with Gasteiger partial charge in [-0.25, -0.2) is 4.79 Å². The largest absolute Gasteiger partial charge is 0.464 e. The molecule has 0 bridgehead atoms. The summed E-state index contributed by atoms with van der Waals surface area (Å²) in [6.07, 6.45) is 2.19. The van der Waals surface area contributed by atoms with Crippen LogP contribution in [0, 0.1) is 0 Å². The number of aromatic nitrogens is 1. The number of hydrogen-bond acceptors (Lipinski definition) is 2. The molecular formula is C13H15NO2. The average Bonchev–Trinajstić information content (AvgIpc) is 2.71. The number of aromatic amines is 1. The van der Waals surface area contributed by atoms with E-state index < -0.39 is 0 Å². The summed E-state index contributed by atoms with van der Waals surface area (Å²) in [4.78, 5) is 14.4. The number of ether oxygens (including phenoxy) is 1. The summed E-state index contributed by atoms with van der Waals surface area (Å²) < 4.78 is 4.67. The van der Waals surface area contributed by atoms with Gasteiger partial charge in [0.2, 0.25) is 0 Å². The molecule has 3 nitrogen and oxygen atoms in total. The van der Waals surface area contributed by atoms with Gasteiger partial charge >= 0.3 is 5.97 Å². The molecule has 1 heterocycles. The molecule has 0 aliphatic rings. The minimum atomic E-state index is -0.326. The first-order valence-corrected chi connectivity index (χ1v) is 5.44. The summed E-state index contributed by atoms with van der Waals surface area (Å²) in [6.45, 7) is 2.15. The van der Waals surface area contributed by atoms with Crippen LogP contribution < -0.4 is 0 Å². The van der Waals surface area contributed by atoms with Gasteiger partial charge in [-0.2, -0.15) is 0 Å². The molecule has 0 aliphatic heterocycles. The highest BCUT2D eigenvalue weighted by atomic mass is 16.5. The van der Waals surface area contributed by atoms with Crippen LogP contribution in [0.3, 0.4) is 0 Å². The molecule has 0 unspecified atom stereocenters. The van der Waals surface area contributed by atoms with E-state index in [1.165, 1.54) is 12.7 Å². The first kappa shape index (κ1) is 10.7. The summed E-state index contributed by atoms with van der Waals surface area (Å²) in [5, 5.41) is 1.06. The van der Waals surface area contributed by atoms with Crippen LogP contribution in [-0.2, 0) is 11.2 Å². The lowest BCUT2D eigenvalue weighted by atomic mass is 10.1. The van der Waals surface area contributed by atoms with Crippen molar-refractivity contribution < 1.29 is 9.53 Å². The number of methoxy groups -OCH3 is 1. The van der Waals surface area contributed by atoms with Crippen LogP contribution in [0.5, 0.6) is 0 Å². The van der Waals surface area contributed by atoms with Crippen molar-refractivity contribution in [3.63, 3.8) is 0 Å². The second-order valence-electron chi connectivity index (χ2n) is 3.85. The monoisotopic (exact) mass is 217 g/mol. The standard InChI is InChI=1S/C13H15NO2/c1-3-4-9-5-6-11-10(7-9)8-12(14-11)13(15)16-2/h5-8,14H,3-4H2,1-2H3. The molecule has 0 spiro atoms. The van der Waals surface area contributed by atoms with Crippen molar-refractivity contribution in [1.29, 1.82) is 0 Å². The van der Waals surface area contributed by atoms with Crippen LogP contribution in [-0.4, -0.2) is 18.1 Å². The van der Waals surface area contributed by atoms with Gasteiger partial charge in [0, 0.05) is 10.9 Å². The Balaban J connectivity index is 2.41. The molecule has 0 fully saturated rings. The van der Waals surface area contributed by atoms with Gasteiger partial charge in [0.05, 0.1) is 7.11 Å². The van der Waals surface area contributed by atoms with Gasteiger partial charge in [-0.15, -0.1) is 0 Å². The summed E-state index contributed by atoms with van der Waals surface area (Å²) in [6, 6.07) is 8.04. The number of carbonyl (C=O) groups excluding carboxylic acids is 1. The van der Waals surface area contributed by atoms with Gasteiger partial charge in [0.25, 0.3) is 0 Å². The third kappa shape index (κ3) is 1.94. The highest BCUT2D eigenvalue weighted by molar-refractivity contribution is 5.94. The molecule has 1 aromatic carbocycles. The molecule has 1 N–H and O–H groups in total. The third-order valence-electron chi connectivity index (χ3n) is 2.63. The Morgan fingerprint density at radius 2 is 2.19 bits per heavy atom. The number of H-pyrrole nitrogens is 1.